The Hall–Kier alpha value is -3.12. The first kappa shape index (κ1) is 23.5. The molecule has 1 aliphatic rings. The first-order valence-corrected chi connectivity index (χ1v) is 11.1. The predicted molar refractivity (Wildman–Crippen MR) is 126 cm³/mol. The highest BCUT2D eigenvalue weighted by Crippen LogP contribution is 2.40. The van der Waals surface area contributed by atoms with Crippen molar-refractivity contribution in [2.75, 3.05) is 33.8 Å². The number of Topliss-reactive ketones (excluding diaryl/α,β-unsaturated/α-hetero) is 1. The van der Waals surface area contributed by atoms with Crippen molar-refractivity contribution in [1.29, 1.82) is 0 Å². The Labute approximate surface area is 190 Å². The van der Waals surface area contributed by atoms with Crippen LogP contribution in [-0.4, -0.2) is 60.4 Å². The smallest absolute Gasteiger partial charge is 0.295 e. The second-order valence-corrected chi connectivity index (χ2v) is 8.44. The predicted octanol–water partition coefficient (Wildman–Crippen LogP) is 4.16. The van der Waals surface area contributed by atoms with Gasteiger partial charge in [-0.2, -0.15) is 0 Å². The number of hydrogen-bond acceptors (Lipinski definition) is 5. The molecule has 6 nitrogen and oxygen atoms in total. The molecule has 1 unspecified atom stereocenters. The lowest BCUT2D eigenvalue weighted by atomic mass is 9.95. The summed E-state index contributed by atoms with van der Waals surface area (Å²) in [6.07, 6.45) is 1.97. The molecule has 0 spiro atoms. The number of aliphatic hydroxyl groups is 1. The molecule has 0 aliphatic carbocycles. The minimum atomic E-state index is -0.675. The van der Waals surface area contributed by atoms with Gasteiger partial charge in [0, 0.05) is 18.7 Å². The molecule has 1 N–H and O–H groups in total. The van der Waals surface area contributed by atoms with E-state index in [4.69, 9.17) is 4.74 Å². The summed E-state index contributed by atoms with van der Waals surface area (Å²) in [5.74, 6) is -0.727. The van der Waals surface area contributed by atoms with E-state index in [2.05, 4.69) is 6.92 Å². The molecule has 1 amide bonds. The van der Waals surface area contributed by atoms with Crippen LogP contribution in [0.25, 0.3) is 5.76 Å². The molecule has 1 saturated heterocycles. The molecular formula is C26H32N2O4. The highest BCUT2D eigenvalue weighted by Gasteiger charge is 2.46. The summed E-state index contributed by atoms with van der Waals surface area (Å²) in [6, 6.07) is 14.0. The molecule has 0 saturated carbocycles. The second kappa shape index (κ2) is 10.5. The Morgan fingerprint density at radius 1 is 1.12 bits per heavy atom. The molecule has 170 valence electrons. The summed E-state index contributed by atoms with van der Waals surface area (Å²) in [7, 11) is 3.83. The number of ketones is 1. The summed E-state index contributed by atoms with van der Waals surface area (Å²) in [4.78, 5) is 29.6. The van der Waals surface area contributed by atoms with Crippen molar-refractivity contribution in [2.24, 2.45) is 0 Å². The van der Waals surface area contributed by atoms with Gasteiger partial charge in [-0.15, -0.1) is 0 Å². The Morgan fingerprint density at radius 3 is 2.50 bits per heavy atom. The van der Waals surface area contributed by atoms with E-state index < -0.39 is 17.7 Å². The highest BCUT2D eigenvalue weighted by atomic mass is 16.5. The molecule has 1 fully saturated rings. The van der Waals surface area contributed by atoms with Crippen molar-refractivity contribution in [3.8, 4) is 5.75 Å². The Bertz CT molecular complexity index is 995. The zero-order valence-corrected chi connectivity index (χ0v) is 19.3. The number of carbonyl (C=O) groups excluding carboxylic acids is 2. The van der Waals surface area contributed by atoms with Crippen LogP contribution >= 0.6 is 0 Å². The number of amides is 1. The topological polar surface area (TPSA) is 70.1 Å². The van der Waals surface area contributed by atoms with Crippen molar-refractivity contribution in [3.63, 3.8) is 0 Å². The molecule has 0 radical (unpaired) electrons. The third-order valence-electron chi connectivity index (χ3n) is 5.59. The van der Waals surface area contributed by atoms with Crippen LogP contribution < -0.4 is 4.74 Å². The summed E-state index contributed by atoms with van der Waals surface area (Å²) in [5.41, 5.74) is 2.41. The first-order chi connectivity index (χ1) is 15.3. The van der Waals surface area contributed by atoms with Crippen LogP contribution in [0.1, 0.15) is 42.5 Å². The Balaban J connectivity index is 2.07. The molecule has 6 heteroatoms. The third kappa shape index (κ3) is 5.19. The van der Waals surface area contributed by atoms with Crippen LogP contribution in [0, 0.1) is 6.92 Å². The maximum Gasteiger partial charge on any atom is 0.295 e. The standard InChI is InChI=1S/C26H32N2O4/c1-5-6-16-32-21-9-7-8-20(17-21)23-22(24(29)19-12-10-18(2)11-13-19)25(30)26(31)28(23)15-14-27(3)4/h7-13,17,23,29H,5-6,14-16H2,1-4H3. The van der Waals surface area contributed by atoms with Gasteiger partial charge in [0.05, 0.1) is 18.2 Å². The van der Waals surface area contributed by atoms with Crippen LogP contribution in [-0.2, 0) is 9.59 Å². The van der Waals surface area contributed by atoms with Crippen LogP contribution in [0.3, 0.4) is 0 Å². The number of likely N-dealkylation sites (N-methyl/N-ethyl adjacent to an activating group) is 1. The van der Waals surface area contributed by atoms with E-state index in [0.29, 0.717) is 31.0 Å². The molecule has 0 aromatic heterocycles. The number of nitrogens with zero attached hydrogens (tertiary/aromatic N) is 2. The number of carbonyl (C=O) groups is 2. The van der Waals surface area contributed by atoms with Crippen molar-refractivity contribution in [3.05, 3.63) is 70.8 Å². The fraction of sp³-hybridized carbons (Fsp3) is 0.385. The molecule has 32 heavy (non-hydrogen) atoms. The minimum absolute atomic E-state index is 0.114. The molecular weight excluding hydrogens is 404 g/mol. The maximum atomic E-state index is 13.1. The maximum absolute atomic E-state index is 13.1. The number of hydrogen-bond donors (Lipinski definition) is 1. The molecule has 0 bridgehead atoms. The molecule has 2 aromatic carbocycles. The third-order valence-corrected chi connectivity index (χ3v) is 5.59. The zero-order chi connectivity index (χ0) is 23.3. The fourth-order valence-electron chi connectivity index (χ4n) is 3.74. The van der Waals surface area contributed by atoms with E-state index in [1.165, 1.54) is 0 Å². The quantitative estimate of drug-likeness (QED) is 0.277. The van der Waals surface area contributed by atoms with Crippen LogP contribution in [0.4, 0.5) is 0 Å². The molecule has 1 heterocycles. The van der Waals surface area contributed by atoms with E-state index >= 15 is 0 Å². The summed E-state index contributed by atoms with van der Waals surface area (Å²) in [6.45, 7) is 5.62. The summed E-state index contributed by atoms with van der Waals surface area (Å²) >= 11 is 0. The van der Waals surface area contributed by atoms with Crippen molar-refractivity contribution in [1.82, 2.24) is 9.80 Å². The summed E-state index contributed by atoms with van der Waals surface area (Å²) in [5, 5.41) is 11.1. The highest BCUT2D eigenvalue weighted by molar-refractivity contribution is 6.46. The average molecular weight is 437 g/mol. The van der Waals surface area contributed by atoms with Gasteiger partial charge in [0.15, 0.2) is 0 Å². The fourth-order valence-corrected chi connectivity index (χ4v) is 3.74. The lowest BCUT2D eigenvalue weighted by molar-refractivity contribution is -0.140. The van der Waals surface area contributed by atoms with Gasteiger partial charge in [-0.3, -0.25) is 9.59 Å². The number of ether oxygens (including phenoxy) is 1. The van der Waals surface area contributed by atoms with Crippen molar-refractivity contribution < 1.29 is 19.4 Å². The number of likely N-dealkylation sites (tertiary alicyclic amines) is 1. The number of benzene rings is 2. The Kier molecular flexibility index (Phi) is 7.70. The van der Waals surface area contributed by atoms with Crippen LogP contribution in [0.15, 0.2) is 54.1 Å². The minimum Gasteiger partial charge on any atom is -0.507 e. The van der Waals surface area contributed by atoms with Crippen molar-refractivity contribution in [2.45, 2.75) is 32.7 Å². The van der Waals surface area contributed by atoms with Gasteiger partial charge in [0.2, 0.25) is 0 Å². The zero-order valence-electron chi connectivity index (χ0n) is 19.3. The van der Waals surface area contributed by atoms with Crippen LogP contribution in [0.5, 0.6) is 5.75 Å². The Morgan fingerprint density at radius 2 is 1.84 bits per heavy atom. The van der Waals surface area contributed by atoms with Crippen molar-refractivity contribution >= 4 is 17.4 Å². The number of unbranched alkanes of at least 4 members (excludes halogenated alkanes) is 1. The number of aryl methyl sites for hydroxylation is 1. The normalized spacial score (nSPS) is 17.9. The van der Waals surface area contributed by atoms with E-state index in [-0.39, 0.29) is 11.3 Å². The molecule has 1 aliphatic heterocycles. The number of rotatable bonds is 9. The largest absolute Gasteiger partial charge is 0.507 e. The van der Waals surface area contributed by atoms with Gasteiger partial charge in [-0.1, -0.05) is 55.3 Å². The monoisotopic (exact) mass is 436 g/mol. The lowest BCUT2D eigenvalue weighted by Gasteiger charge is -2.27. The van der Waals surface area contributed by atoms with Gasteiger partial charge in [-0.05, 0) is 45.1 Å². The first-order valence-electron chi connectivity index (χ1n) is 11.1. The van der Waals surface area contributed by atoms with Gasteiger partial charge in [-0.25, -0.2) is 0 Å². The molecule has 3 rings (SSSR count). The van der Waals surface area contributed by atoms with E-state index in [0.717, 1.165) is 24.0 Å². The van der Waals surface area contributed by atoms with E-state index in [9.17, 15) is 14.7 Å². The molecule has 1 atom stereocenters. The van der Waals surface area contributed by atoms with Crippen LogP contribution in [0.2, 0.25) is 0 Å². The van der Waals surface area contributed by atoms with Gasteiger partial charge < -0.3 is 19.6 Å². The van der Waals surface area contributed by atoms with E-state index in [1.807, 2.05) is 62.3 Å². The van der Waals surface area contributed by atoms with Gasteiger partial charge in [0.25, 0.3) is 11.7 Å². The van der Waals surface area contributed by atoms with Gasteiger partial charge in [0.1, 0.15) is 11.5 Å². The van der Waals surface area contributed by atoms with E-state index in [1.54, 1.807) is 17.0 Å². The second-order valence-electron chi connectivity index (χ2n) is 8.44. The number of aliphatic hydroxyl groups excluding tert-OH is 1. The van der Waals surface area contributed by atoms with Gasteiger partial charge >= 0.3 is 0 Å². The summed E-state index contributed by atoms with van der Waals surface area (Å²) < 4.78 is 5.85. The average Bonchev–Trinajstić information content (AvgIpc) is 3.03. The molecule has 2 aromatic rings. The SMILES string of the molecule is CCCCOc1cccc(C2C(=C(O)c3ccc(C)cc3)C(=O)C(=O)N2CCN(C)C)c1. The lowest BCUT2D eigenvalue weighted by Crippen LogP contribution is -2.35.